The van der Waals surface area contributed by atoms with Gasteiger partial charge in [-0.15, -0.1) is 0 Å². The number of carbonyl (C=O) groups is 1. The molecule has 0 saturated heterocycles. The van der Waals surface area contributed by atoms with Crippen LogP contribution < -0.4 is 10.9 Å². The second-order valence-electron chi connectivity index (χ2n) is 6.69. The number of rotatable bonds is 5. The van der Waals surface area contributed by atoms with E-state index in [9.17, 15) is 9.59 Å². The molecule has 3 rings (SSSR count). The molecule has 1 amide bonds. The molecule has 0 fully saturated rings. The van der Waals surface area contributed by atoms with Crippen LogP contribution >= 0.6 is 0 Å². The largest absolute Gasteiger partial charge is 0.324 e. The molecule has 0 unspecified atom stereocenters. The fraction of sp³-hybridized carbons (Fsp3) is 0.227. The molecule has 0 aliphatic carbocycles. The fourth-order valence-corrected chi connectivity index (χ4v) is 3.01. The summed E-state index contributed by atoms with van der Waals surface area (Å²) in [5.74, 6) is -0.284. The van der Waals surface area contributed by atoms with Gasteiger partial charge in [-0.1, -0.05) is 37.3 Å². The van der Waals surface area contributed by atoms with Gasteiger partial charge in [0, 0.05) is 17.3 Å². The van der Waals surface area contributed by atoms with Gasteiger partial charge in [0.2, 0.25) is 5.91 Å². The van der Waals surface area contributed by atoms with Gasteiger partial charge in [-0.05, 0) is 55.2 Å². The minimum Gasteiger partial charge on any atom is -0.324 e. The second kappa shape index (κ2) is 7.99. The topological polar surface area (TPSA) is 64.0 Å². The van der Waals surface area contributed by atoms with E-state index in [0.717, 1.165) is 28.8 Å². The van der Waals surface area contributed by atoms with Crippen LogP contribution in [0.2, 0.25) is 0 Å². The van der Waals surface area contributed by atoms with Crippen molar-refractivity contribution in [2.45, 2.75) is 33.7 Å². The number of amides is 1. The van der Waals surface area contributed by atoms with Crippen LogP contribution in [0.1, 0.15) is 23.6 Å². The number of hydrogen-bond donors (Lipinski definition) is 1. The van der Waals surface area contributed by atoms with E-state index in [0.29, 0.717) is 5.69 Å². The minimum absolute atomic E-state index is 0.132. The Labute approximate surface area is 158 Å². The molecule has 0 bridgehead atoms. The van der Waals surface area contributed by atoms with Crippen molar-refractivity contribution in [3.8, 4) is 11.3 Å². The summed E-state index contributed by atoms with van der Waals surface area (Å²) in [6.45, 7) is 5.92. The highest BCUT2D eigenvalue weighted by Crippen LogP contribution is 2.17. The van der Waals surface area contributed by atoms with Gasteiger partial charge in [-0.25, -0.2) is 4.68 Å². The molecule has 2 aromatic carbocycles. The van der Waals surface area contributed by atoms with Gasteiger partial charge < -0.3 is 5.32 Å². The number of benzene rings is 2. The van der Waals surface area contributed by atoms with E-state index in [1.165, 1.54) is 16.3 Å². The van der Waals surface area contributed by atoms with Gasteiger partial charge in [-0.3, -0.25) is 9.59 Å². The average Bonchev–Trinajstić information content (AvgIpc) is 2.62. The van der Waals surface area contributed by atoms with E-state index < -0.39 is 0 Å². The molecule has 0 aliphatic rings. The van der Waals surface area contributed by atoms with Crippen molar-refractivity contribution < 1.29 is 4.79 Å². The highest BCUT2D eigenvalue weighted by Gasteiger charge is 2.09. The third-order valence-corrected chi connectivity index (χ3v) is 4.32. The van der Waals surface area contributed by atoms with Crippen molar-refractivity contribution in [1.82, 2.24) is 9.78 Å². The summed E-state index contributed by atoms with van der Waals surface area (Å²) < 4.78 is 1.20. The maximum Gasteiger partial charge on any atom is 0.267 e. The highest BCUT2D eigenvalue weighted by atomic mass is 16.2. The van der Waals surface area contributed by atoms with Crippen LogP contribution in [0.4, 0.5) is 5.69 Å². The summed E-state index contributed by atoms with van der Waals surface area (Å²) in [5.41, 5.74) is 5.36. The van der Waals surface area contributed by atoms with Gasteiger partial charge in [-0.2, -0.15) is 5.10 Å². The smallest absolute Gasteiger partial charge is 0.267 e. The Balaban J connectivity index is 1.79. The van der Waals surface area contributed by atoms with E-state index in [4.69, 9.17) is 0 Å². The Kier molecular flexibility index (Phi) is 5.50. The van der Waals surface area contributed by atoms with Crippen molar-refractivity contribution in [2.24, 2.45) is 0 Å². The van der Waals surface area contributed by atoms with Gasteiger partial charge in [0.1, 0.15) is 6.54 Å². The van der Waals surface area contributed by atoms with Crippen LogP contribution in [-0.4, -0.2) is 15.7 Å². The SMILES string of the molecule is CCc1ccc(-c2ccc(=O)n(CC(=O)Nc3cc(C)cc(C)c3)n2)cc1. The molecule has 1 N–H and O–H groups in total. The lowest BCUT2D eigenvalue weighted by molar-refractivity contribution is -0.117. The zero-order valence-electron chi connectivity index (χ0n) is 15.8. The molecule has 0 aliphatic heterocycles. The first-order valence-corrected chi connectivity index (χ1v) is 9.00. The van der Waals surface area contributed by atoms with Crippen LogP contribution in [-0.2, 0) is 17.8 Å². The van der Waals surface area contributed by atoms with Gasteiger partial charge >= 0.3 is 0 Å². The van der Waals surface area contributed by atoms with Crippen LogP contribution in [0.5, 0.6) is 0 Å². The van der Waals surface area contributed by atoms with Crippen LogP contribution in [0.3, 0.4) is 0 Å². The lowest BCUT2D eigenvalue weighted by Gasteiger charge is -2.10. The predicted octanol–water partition coefficient (Wildman–Crippen LogP) is 3.73. The summed E-state index contributed by atoms with van der Waals surface area (Å²) >= 11 is 0. The zero-order valence-corrected chi connectivity index (χ0v) is 15.8. The Hall–Kier alpha value is -3.21. The van der Waals surface area contributed by atoms with E-state index >= 15 is 0 Å². The summed E-state index contributed by atoms with van der Waals surface area (Å²) in [5, 5.41) is 7.19. The molecule has 0 spiro atoms. The Morgan fingerprint density at radius 3 is 2.30 bits per heavy atom. The first-order chi connectivity index (χ1) is 12.9. The Bertz CT molecular complexity index is 1000. The molecule has 5 nitrogen and oxygen atoms in total. The normalized spacial score (nSPS) is 10.6. The fourth-order valence-electron chi connectivity index (χ4n) is 3.01. The maximum absolute atomic E-state index is 12.4. The number of nitrogens with zero attached hydrogens (tertiary/aromatic N) is 2. The molecule has 1 aromatic heterocycles. The zero-order chi connectivity index (χ0) is 19.4. The molecule has 0 saturated carbocycles. The Morgan fingerprint density at radius 2 is 1.67 bits per heavy atom. The second-order valence-corrected chi connectivity index (χ2v) is 6.69. The van der Waals surface area contributed by atoms with Gasteiger partial charge in [0.25, 0.3) is 5.56 Å². The molecule has 1 heterocycles. The monoisotopic (exact) mass is 361 g/mol. The van der Waals surface area contributed by atoms with Gasteiger partial charge in [0.05, 0.1) is 5.69 Å². The minimum atomic E-state index is -0.306. The van der Waals surface area contributed by atoms with Crippen LogP contribution in [0, 0.1) is 13.8 Å². The number of anilines is 1. The third-order valence-electron chi connectivity index (χ3n) is 4.32. The number of aryl methyl sites for hydroxylation is 3. The van der Waals surface area contributed by atoms with Crippen LogP contribution in [0.25, 0.3) is 11.3 Å². The van der Waals surface area contributed by atoms with Crippen molar-refractivity contribution in [3.05, 3.63) is 81.6 Å². The first kappa shape index (κ1) is 18.6. The lowest BCUT2D eigenvalue weighted by Crippen LogP contribution is -2.29. The van der Waals surface area contributed by atoms with Crippen molar-refractivity contribution in [3.63, 3.8) is 0 Å². The lowest BCUT2D eigenvalue weighted by atomic mass is 10.1. The van der Waals surface area contributed by atoms with E-state index in [1.54, 1.807) is 6.07 Å². The maximum atomic E-state index is 12.4. The third kappa shape index (κ3) is 4.70. The van der Waals surface area contributed by atoms with Crippen molar-refractivity contribution in [1.29, 1.82) is 0 Å². The van der Waals surface area contributed by atoms with Crippen molar-refractivity contribution in [2.75, 3.05) is 5.32 Å². The summed E-state index contributed by atoms with van der Waals surface area (Å²) in [4.78, 5) is 24.5. The van der Waals surface area contributed by atoms with Gasteiger partial charge in [0.15, 0.2) is 0 Å². The number of hydrogen-bond acceptors (Lipinski definition) is 3. The highest BCUT2D eigenvalue weighted by molar-refractivity contribution is 5.90. The van der Waals surface area contributed by atoms with E-state index in [1.807, 2.05) is 56.3 Å². The summed E-state index contributed by atoms with van der Waals surface area (Å²) in [6.07, 6.45) is 0.964. The summed E-state index contributed by atoms with van der Waals surface area (Å²) in [6, 6.07) is 17.0. The summed E-state index contributed by atoms with van der Waals surface area (Å²) in [7, 11) is 0. The number of nitrogens with one attached hydrogen (secondary N) is 1. The number of carbonyl (C=O) groups excluding carboxylic acids is 1. The van der Waals surface area contributed by atoms with Crippen LogP contribution in [0.15, 0.2) is 59.4 Å². The standard InChI is InChI=1S/C22H23N3O2/c1-4-17-5-7-18(8-6-17)20-9-10-22(27)25(24-20)14-21(26)23-19-12-15(2)11-16(3)13-19/h5-13H,4,14H2,1-3H3,(H,23,26). The first-order valence-electron chi connectivity index (χ1n) is 9.00. The van der Waals surface area contributed by atoms with E-state index in [2.05, 4.69) is 17.3 Å². The number of aromatic nitrogens is 2. The molecule has 0 atom stereocenters. The Morgan fingerprint density at radius 1 is 1.00 bits per heavy atom. The predicted molar refractivity (Wildman–Crippen MR) is 108 cm³/mol. The molecular formula is C22H23N3O2. The quantitative estimate of drug-likeness (QED) is 0.753. The molecule has 5 heteroatoms. The average molecular weight is 361 g/mol. The van der Waals surface area contributed by atoms with E-state index in [-0.39, 0.29) is 18.0 Å². The molecule has 0 radical (unpaired) electrons. The molecular weight excluding hydrogens is 338 g/mol. The molecule has 3 aromatic rings. The molecule has 27 heavy (non-hydrogen) atoms. The van der Waals surface area contributed by atoms with Crippen molar-refractivity contribution >= 4 is 11.6 Å². The molecule has 138 valence electrons.